The van der Waals surface area contributed by atoms with Crippen molar-refractivity contribution < 1.29 is 19.0 Å². The van der Waals surface area contributed by atoms with Crippen molar-refractivity contribution in [2.24, 2.45) is 5.92 Å². The zero-order valence-electron chi connectivity index (χ0n) is 21.4. The predicted octanol–water partition coefficient (Wildman–Crippen LogP) is 6.43. The summed E-state index contributed by atoms with van der Waals surface area (Å²) < 4.78 is 17.2. The lowest BCUT2D eigenvalue weighted by molar-refractivity contribution is -0.146. The van der Waals surface area contributed by atoms with Crippen LogP contribution in [0.3, 0.4) is 0 Å². The van der Waals surface area contributed by atoms with Crippen molar-refractivity contribution in [1.29, 1.82) is 10.7 Å². The third-order valence-corrected chi connectivity index (χ3v) is 6.70. The molecule has 0 spiro atoms. The van der Waals surface area contributed by atoms with Crippen LogP contribution < -0.4 is 9.47 Å². The van der Waals surface area contributed by atoms with Gasteiger partial charge in [-0.3, -0.25) is 4.79 Å². The number of carbonyl (C=O) groups excluding carboxylic acids is 1. The number of nitriles is 1. The number of esters is 1. The molecule has 1 saturated carbocycles. The van der Waals surface area contributed by atoms with Crippen LogP contribution in [-0.2, 0) is 22.7 Å². The van der Waals surface area contributed by atoms with E-state index < -0.39 is 0 Å². The minimum Gasteiger partial charge on any atom is -0.489 e. The summed E-state index contributed by atoms with van der Waals surface area (Å²) in [5.41, 5.74) is 4.75. The van der Waals surface area contributed by atoms with Crippen LogP contribution in [-0.4, -0.2) is 18.3 Å². The SMILES string of the molecule is N#Cc1ccc(C(=N)COc2ccc(COc3ccc([C@H]4C[C@H]4C(=O)OCc4ccccc4)cc3)cc2)cc1. The second-order valence-corrected chi connectivity index (χ2v) is 9.50. The molecular weight excluding hydrogens is 488 g/mol. The molecule has 0 unspecified atom stereocenters. The van der Waals surface area contributed by atoms with E-state index in [2.05, 4.69) is 6.07 Å². The second-order valence-electron chi connectivity index (χ2n) is 9.50. The number of hydrogen-bond acceptors (Lipinski definition) is 6. The van der Waals surface area contributed by atoms with Crippen molar-refractivity contribution in [2.45, 2.75) is 25.6 Å². The Morgan fingerprint density at radius 3 is 2.13 bits per heavy atom. The van der Waals surface area contributed by atoms with E-state index in [1.807, 2.05) is 78.9 Å². The molecule has 0 amide bonds. The summed E-state index contributed by atoms with van der Waals surface area (Å²) in [7, 11) is 0. The Kier molecular flexibility index (Phi) is 7.99. The topological polar surface area (TPSA) is 92.4 Å². The minimum absolute atomic E-state index is 0.0749. The summed E-state index contributed by atoms with van der Waals surface area (Å²) in [6.07, 6.45) is 0.815. The van der Waals surface area contributed by atoms with Crippen LogP contribution in [0.2, 0.25) is 0 Å². The van der Waals surface area contributed by atoms with E-state index in [0.29, 0.717) is 30.2 Å². The van der Waals surface area contributed by atoms with Gasteiger partial charge < -0.3 is 19.6 Å². The maximum atomic E-state index is 12.4. The van der Waals surface area contributed by atoms with Gasteiger partial charge in [0.2, 0.25) is 0 Å². The van der Waals surface area contributed by atoms with Gasteiger partial charge in [-0.2, -0.15) is 5.26 Å². The summed E-state index contributed by atoms with van der Waals surface area (Å²) in [4.78, 5) is 12.4. The Hall–Kier alpha value is -4.89. The Balaban J connectivity index is 1.04. The molecule has 4 aromatic rings. The lowest BCUT2D eigenvalue weighted by Crippen LogP contribution is -2.11. The van der Waals surface area contributed by atoms with Crippen LogP contribution in [0.4, 0.5) is 0 Å². The first-order valence-corrected chi connectivity index (χ1v) is 12.8. The molecule has 0 aliphatic heterocycles. The molecule has 0 aromatic heterocycles. The van der Waals surface area contributed by atoms with Crippen molar-refractivity contribution in [1.82, 2.24) is 0 Å². The summed E-state index contributed by atoms with van der Waals surface area (Å²) in [5, 5.41) is 17.1. The number of nitrogens with one attached hydrogen (secondary N) is 1. The molecule has 1 fully saturated rings. The third-order valence-electron chi connectivity index (χ3n) is 6.70. The fourth-order valence-electron chi connectivity index (χ4n) is 4.30. The number of rotatable bonds is 11. The maximum absolute atomic E-state index is 12.4. The van der Waals surface area contributed by atoms with Crippen molar-refractivity contribution in [3.05, 3.63) is 131 Å². The molecule has 1 aliphatic carbocycles. The lowest BCUT2D eigenvalue weighted by atomic mass is 10.1. The van der Waals surface area contributed by atoms with Gasteiger partial charge in [-0.1, -0.05) is 66.7 Å². The van der Waals surface area contributed by atoms with Gasteiger partial charge in [-0.15, -0.1) is 0 Å². The van der Waals surface area contributed by atoms with Crippen molar-refractivity contribution in [2.75, 3.05) is 6.61 Å². The Morgan fingerprint density at radius 1 is 0.795 bits per heavy atom. The van der Waals surface area contributed by atoms with Crippen LogP contribution in [0, 0.1) is 22.7 Å². The number of benzene rings is 4. The Morgan fingerprint density at radius 2 is 1.44 bits per heavy atom. The molecule has 0 radical (unpaired) electrons. The first kappa shape index (κ1) is 25.7. The van der Waals surface area contributed by atoms with E-state index in [0.717, 1.165) is 34.4 Å². The summed E-state index contributed by atoms with van der Waals surface area (Å²) >= 11 is 0. The molecule has 1 N–H and O–H groups in total. The second kappa shape index (κ2) is 12.1. The van der Waals surface area contributed by atoms with Crippen molar-refractivity contribution in [3.63, 3.8) is 0 Å². The molecule has 0 bridgehead atoms. The zero-order chi connectivity index (χ0) is 27.0. The van der Waals surface area contributed by atoms with Crippen molar-refractivity contribution >= 4 is 11.7 Å². The van der Waals surface area contributed by atoms with E-state index >= 15 is 0 Å². The van der Waals surface area contributed by atoms with Gasteiger partial charge in [0.1, 0.15) is 31.3 Å². The average molecular weight is 517 g/mol. The summed E-state index contributed by atoms with van der Waals surface area (Å²) in [6, 6.07) is 34.2. The van der Waals surface area contributed by atoms with E-state index in [-0.39, 0.29) is 24.4 Å². The van der Waals surface area contributed by atoms with E-state index in [4.69, 9.17) is 24.9 Å². The predicted molar refractivity (Wildman–Crippen MR) is 148 cm³/mol. The molecule has 6 nitrogen and oxygen atoms in total. The summed E-state index contributed by atoms with van der Waals surface area (Å²) in [6.45, 7) is 0.865. The van der Waals surface area contributed by atoms with Gasteiger partial charge in [0.25, 0.3) is 0 Å². The molecule has 0 heterocycles. The van der Waals surface area contributed by atoms with Crippen LogP contribution in [0.25, 0.3) is 0 Å². The highest BCUT2D eigenvalue weighted by Crippen LogP contribution is 2.48. The van der Waals surface area contributed by atoms with Crippen LogP contribution in [0.15, 0.2) is 103 Å². The normalized spacial score (nSPS) is 15.6. The highest BCUT2D eigenvalue weighted by atomic mass is 16.5. The largest absolute Gasteiger partial charge is 0.489 e. The molecule has 4 aromatic carbocycles. The van der Waals surface area contributed by atoms with E-state index in [1.54, 1.807) is 24.3 Å². The van der Waals surface area contributed by atoms with E-state index in [9.17, 15) is 4.79 Å². The van der Waals surface area contributed by atoms with Crippen LogP contribution in [0.5, 0.6) is 11.5 Å². The number of nitrogens with zero attached hydrogens (tertiary/aromatic N) is 1. The van der Waals surface area contributed by atoms with Gasteiger partial charge in [0.05, 0.1) is 23.3 Å². The first-order valence-electron chi connectivity index (χ1n) is 12.8. The Labute approximate surface area is 227 Å². The van der Waals surface area contributed by atoms with Crippen molar-refractivity contribution in [3.8, 4) is 17.6 Å². The smallest absolute Gasteiger partial charge is 0.309 e. The van der Waals surface area contributed by atoms with Gasteiger partial charge in [-0.05, 0) is 71.0 Å². The zero-order valence-corrected chi connectivity index (χ0v) is 21.4. The number of ether oxygens (including phenoxy) is 3. The van der Waals surface area contributed by atoms with Gasteiger partial charge in [-0.25, -0.2) is 0 Å². The summed E-state index contributed by atoms with van der Waals surface area (Å²) in [5.74, 6) is 1.42. The maximum Gasteiger partial charge on any atom is 0.309 e. The fourth-order valence-corrected chi connectivity index (χ4v) is 4.30. The highest BCUT2D eigenvalue weighted by molar-refractivity contribution is 5.99. The monoisotopic (exact) mass is 516 g/mol. The van der Waals surface area contributed by atoms with Crippen LogP contribution in [0.1, 0.15) is 40.2 Å². The average Bonchev–Trinajstić information content (AvgIpc) is 3.80. The molecule has 0 saturated heterocycles. The highest BCUT2D eigenvalue weighted by Gasteiger charge is 2.45. The molecular formula is C33H28N2O4. The van der Waals surface area contributed by atoms with Gasteiger partial charge in [0, 0.05) is 0 Å². The molecule has 6 heteroatoms. The first-order chi connectivity index (χ1) is 19.1. The van der Waals surface area contributed by atoms with Gasteiger partial charge in [0.15, 0.2) is 0 Å². The molecule has 194 valence electrons. The quantitative estimate of drug-likeness (QED) is 0.183. The molecule has 1 aliphatic rings. The fraction of sp³-hybridized carbons (Fsp3) is 0.182. The lowest BCUT2D eigenvalue weighted by Gasteiger charge is -2.10. The van der Waals surface area contributed by atoms with Crippen LogP contribution >= 0.6 is 0 Å². The number of carbonyl (C=O) groups is 1. The molecule has 2 atom stereocenters. The Bertz CT molecular complexity index is 1460. The number of hydrogen-bond donors (Lipinski definition) is 1. The van der Waals surface area contributed by atoms with E-state index in [1.165, 1.54) is 0 Å². The standard InChI is InChI=1S/C33H28N2O4/c34-19-23-6-10-27(11-7-23)32(35)22-38-28-14-8-25(9-15-28)20-37-29-16-12-26(13-17-29)30-18-31(30)33(36)39-21-24-4-2-1-3-5-24/h1-17,30-31,35H,18,20-22H2/t30-,31-/m1/s1. The molecule has 39 heavy (non-hydrogen) atoms. The third kappa shape index (κ3) is 6.91. The minimum atomic E-state index is -0.136. The van der Waals surface area contributed by atoms with Gasteiger partial charge >= 0.3 is 5.97 Å². The molecule has 5 rings (SSSR count).